The van der Waals surface area contributed by atoms with Crippen LogP contribution in [0.5, 0.6) is 5.75 Å². The first-order chi connectivity index (χ1) is 20.2. The fraction of sp³-hybridized carbons (Fsp3) is 0.621. The van der Waals surface area contributed by atoms with Crippen molar-refractivity contribution in [2.45, 2.75) is 63.2 Å². The van der Waals surface area contributed by atoms with Gasteiger partial charge in [0.25, 0.3) is 5.91 Å². The second-order valence-corrected chi connectivity index (χ2v) is 13.7. The van der Waals surface area contributed by atoms with E-state index in [0.717, 1.165) is 51.2 Å². The molecule has 1 aromatic carbocycles. The van der Waals surface area contributed by atoms with Crippen molar-refractivity contribution in [3.05, 3.63) is 41.2 Å². The summed E-state index contributed by atoms with van der Waals surface area (Å²) in [7, 11) is 3.22. The van der Waals surface area contributed by atoms with Gasteiger partial charge in [0.2, 0.25) is 16.0 Å². The maximum Gasteiger partial charge on any atom is 0.419 e. The van der Waals surface area contributed by atoms with Crippen LogP contribution >= 0.6 is 0 Å². The Bertz CT molecular complexity index is 1400. The molecular formula is C29H41F3N6O4S. The molecule has 4 rings (SSSR count). The number of piperidine rings is 1. The van der Waals surface area contributed by atoms with E-state index in [1.165, 1.54) is 18.5 Å². The quantitative estimate of drug-likeness (QED) is 0.437. The van der Waals surface area contributed by atoms with Crippen LogP contribution in [0.15, 0.2) is 24.4 Å². The Morgan fingerprint density at radius 1 is 1.14 bits per heavy atom. The number of carbonyl (C=O) groups excluding carboxylic acids is 1. The van der Waals surface area contributed by atoms with E-state index in [9.17, 15) is 26.4 Å². The lowest BCUT2D eigenvalue weighted by molar-refractivity contribution is -0.138. The number of sulfonamides is 1. The molecule has 1 saturated carbocycles. The van der Waals surface area contributed by atoms with Gasteiger partial charge in [0.05, 0.1) is 30.3 Å². The Hall–Kier alpha value is -2.97. The van der Waals surface area contributed by atoms with Crippen molar-refractivity contribution < 1.29 is 31.1 Å². The number of benzene rings is 1. The minimum Gasteiger partial charge on any atom is -0.495 e. The summed E-state index contributed by atoms with van der Waals surface area (Å²) in [6.45, 7) is 1.80. The highest BCUT2D eigenvalue weighted by molar-refractivity contribution is 7.88. The highest BCUT2D eigenvalue weighted by Gasteiger charge is 2.38. The van der Waals surface area contributed by atoms with Crippen LogP contribution in [-0.4, -0.2) is 98.1 Å². The fourth-order valence-electron chi connectivity index (χ4n) is 6.08. The van der Waals surface area contributed by atoms with Gasteiger partial charge in [0.1, 0.15) is 5.75 Å². The minimum absolute atomic E-state index is 0.0619. The van der Waals surface area contributed by atoms with Crippen LogP contribution in [0.25, 0.3) is 0 Å². The molecule has 1 amide bonds. The summed E-state index contributed by atoms with van der Waals surface area (Å²) in [6, 6.07) is 4.54. The molecule has 10 nitrogen and oxygen atoms in total. The lowest BCUT2D eigenvalue weighted by Crippen LogP contribution is -2.44. The molecule has 0 spiro atoms. The summed E-state index contributed by atoms with van der Waals surface area (Å²) in [5, 5.41) is 2.96. The molecule has 2 heterocycles. The van der Waals surface area contributed by atoms with Gasteiger partial charge < -0.3 is 19.9 Å². The van der Waals surface area contributed by atoms with Crippen LogP contribution < -0.4 is 10.1 Å². The molecule has 0 radical (unpaired) electrons. The molecule has 14 heteroatoms. The number of nitrogens with one attached hydrogen (secondary N) is 1. The van der Waals surface area contributed by atoms with Gasteiger partial charge >= 0.3 is 6.18 Å². The van der Waals surface area contributed by atoms with Crippen molar-refractivity contribution in [1.82, 2.24) is 24.1 Å². The third-order valence-corrected chi connectivity index (χ3v) is 10.1. The summed E-state index contributed by atoms with van der Waals surface area (Å²) in [6.07, 6.45) is 1.56. The Morgan fingerprint density at radius 3 is 2.44 bits per heavy atom. The second-order valence-electron chi connectivity index (χ2n) is 11.6. The molecule has 1 N–H and O–H groups in total. The van der Waals surface area contributed by atoms with Crippen LogP contribution in [0.2, 0.25) is 0 Å². The highest BCUT2D eigenvalue weighted by atomic mass is 32.2. The van der Waals surface area contributed by atoms with E-state index in [2.05, 4.69) is 27.2 Å². The van der Waals surface area contributed by atoms with Crippen molar-refractivity contribution in [1.29, 1.82) is 0 Å². The van der Waals surface area contributed by atoms with Gasteiger partial charge in [0, 0.05) is 37.9 Å². The van der Waals surface area contributed by atoms with Crippen LogP contribution in [0.4, 0.5) is 24.8 Å². The van der Waals surface area contributed by atoms with Gasteiger partial charge in [-0.25, -0.2) is 22.7 Å². The Labute approximate surface area is 251 Å². The molecule has 1 aliphatic carbocycles. The van der Waals surface area contributed by atoms with E-state index in [1.54, 1.807) is 30.1 Å². The number of anilines is 2. The van der Waals surface area contributed by atoms with Crippen LogP contribution in [-0.2, 0) is 22.6 Å². The molecule has 43 heavy (non-hydrogen) atoms. The van der Waals surface area contributed by atoms with Gasteiger partial charge in [0.15, 0.2) is 0 Å². The average Bonchev–Trinajstić information content (AvgIpc) is 2.95. The summed E-state index contributed by atoms with van der Waals surface area (Å²) in [5.41, 5.74) is -0.439. The van der Waals surface area contributed by atoms with E-state index >= 15 is 0 Å². The number of halogens is 3. The summed E-state index contributed by atoms with van der Waals surface area (Å²) >= 11 is 0. The SMILES string of the molecule is COc1ccc(C(=O)N(C)C2CCN(C)CC2)cc1Nc1ncc(C(F)(F)F)c(C[C@@H]2CCCC[C@H]2N(C)S(C)(=O)=O)n1. The maximum absolute atomic E-state index is 14.0. The zero-order valence-corrected chi connectivity index (χ0v) is 26.1. The standard InChI is InChI=1S/C29H41F3N6O4S/c1-36-14-12-21(13-15-36)37(2)27(39)20-10-11-26(42-4)24(17-20)35-28-33-18-22(29(30,31)32)23(34-28)16-19-8-6-7-9-25(19)38(3)43(5,40)41/h10-11,17-19,21,25H,6-9,12-16H2,1-5H3,(H,33,34,35)/t19-,25+/m0/s1. The van der Waals surface area contributed by atoms with Gasteiger partial charge in [-0.1, -0.05) is 12.8 Å². The molecule has 238 valence electrons. The number of hydrogen-bond acceptors (Lipinski definition) is 8. The van der Waals surface area contributed by atoms with E-state index < -0.39 is 27.8 Å². The van der Waals surface area contributed by atoms with Crippen molar-refractivity contribution in [2.24, 2.45) is 5.92 Å². The van der Waals surface area contributed by atoms with E-state index in [4.69, 9.17) is 4.74 Å². The zero-order valence-electron chi connectivity index (χ0n) is 25.3. The van der Waals surface area contributed by atoms with Gasteiger partial charge in [-0.3, -0.25) is 4.79 Å². The molecule has 2 aromatic rings. The Morgan fingerprint density at radius 2 is 1.81 bits per heavy atom. The predicted molar refractivity (Wildman–Crippen MR) is 158 cm³/mol. The molecule has 1 aromatic heterocycles. The average molecular weight is 627 g/mol. The smallest absolute Gasteiger partial charge is 0.419 e. The molecular weight excluding hydrogens is 585 g/mol. The second kappa shape index (κ2) is 13.3. The molecule has 2 atom stereocenters. The van der Waals surface area contributed by atoms with E-state index in [1.807, 2.05) is 0 Å². The van der Waals surface area contributed by atoms with Crippen molar-refractivity contribution in [2.75, 3.05) is 52.9 Å². The van der Waals surface area contributed by atoms with Gasteiger partial charge in [-0.15, -0.1) is 0 Å². The third kappa shape index (κ3) is 7.95. The number of aromatic nitrogens is 2. The number of carbonyl (C=O) groups is 1. The first kappa shape index (κ1) is 32.9. The number of ether oxygens (including phenoxy) is 1. The number of likely N-dealkylation sites (tertiary alicyclic amines) is 1. The highest BCUT2D eigenvalue weighted by Crippen LogP contribution is 2.37. The van der Waals surface area contributed by atoms with Crippen LogP contribution in [0, 0.1) is 5.92 Å². The van der Waals surface area contributed by atoms with Gasteiger partial charge in [-0.2, -0.15) is 13.2 Å². The summed E-state index contributed by atoms with van der Waals surface area (Å²) in [4.78, 5) is 25.5. The Balaban J connectivity index is 1.62. The number of nitrogens with zero attached hydrogens (tertiary/aromatic N) is 5. The lowest BCUT2D eigenvalue weighted by atomic mass is 9.81. The normalized spacial score (nSPS) is 20.7. The number of hydrogen-bond donors (Lipinski definition) is 1. The molecule has 1 saturated heterocycles. The molecule has 1 aliphatic heterocycles. The number of methoxy groups -OCH3 is 1. The topological polar surface area (TPSA) is 108 Å². The molecule has 0 unspecified atom stereocenters. The number of alkyl halides is 3. The molecule has 2 aliphatic rings. The number of rotatable bonds is 9. The Kier molecular flexibility index (Phi) is 10.2. The zero-order chi connectivity index (χ0) is 31.5. The third-order valence-electron chi connectivity index (χ3n) is 8.74. The largest absolute Gasteiger partial charge is 0.495 e. The molecule has 0 bridgehead atoms. The first-order valence-electron chi connectivity index (χ1n) is 14.5. The number of amides is 1. The summed E-state index contributed by atoms with van der Waals surface area (Å²) in [5.74, 6) is -0.236. The van der Waals surface area contributed by atoms with Gasteiger partial charge in [-0.05, 0) is 76.4 Å². The van der Waals surface area contributed by atoms with Crippen molar-refractivity contribution in [3.8, 4) is 5.75 Å². The van der Waals surface area contributed by atoms with E-state index in [0.29, 0.717) is 29.8 Å². The minimum atomic E-state index is -4.69. The van der Waals surface area contributed by atoms with E-state index in [-0.39, 0.29) is 35.9 Å². The van der Waals surface area contributed by atoms with Crippen LogP contribution in [0.1, 0.15) is 60.1 Å². The fourth-order valence-corrected chi connectivity index (χ4v) is 6.85. The van der Waals surface area contributed by atoms with Crippen molar-refractivity contribution >= 4 is 27.6 Å². The summed E-state index contributed by atoms with van der Waals surface area (Å²) < 4.78 is 73.4. The lowest BCUT2D eigenvalue weighted by Gasteiger charge is -2.37. The molecule has 2 fully saturated rings. The first-order valence-corrected chi connectivity index (χ1v) is 16.3. The van der Waals surface area contributed by atoms with Crippen LogP contribution in [0.3, 0.4) is 0 Å². The predicted octanol–water partition coefficient (Wildman–Crippen LogP) is 4.41. The van der Waals surface area contributed by atoms with Crippen molar-refractivity contribution in [3.63, 3.8) is 0 Å². The maximum atomic E-state index is 14.0. The monoisotopic (exact) mass is 626 g/mol.